The van der Waals surface area contributed by atoms with Crippen LogP contribution in [0.15, 0.2) is 6.07 Å². The lowest BCUT2D eigenvalue weighted by Gasteiger charge is -2.13. The second kappa shape index (κ2) is 3.97. The minimum absolute atomic E-state index is 0.155. The maximum atomic E-state index is 4.38. The van der Waals surface area contributed by atoms with Gasteiger partial charge in [0.2, 0.25) is 0 Å². The second-order valence-electron chi connectivity index (χ2n) is 5.59. The van der Waals surface area contributed by atoms with Crippen LogP contribution in [0.4, 0.5) is 0 Å². The van der Waals surface area contributed by atoms with Crippen molar-refractivity contribution in [2.75, 3.05) is 13.1 Å². The molecular formula is C12H21N3. The molecule has 1 aromatic rings. The van der Waals surface area contributed by atoms with Crippen LogP contribution in [-0.2, 0) is 11.8 Å². The third-order valence-corrected chi connectivity index (χ3v) is 3.07. The van der Waals surface area contributed by atoms with Gasteiger partial charge < -0.3 is 5.32 Å². The van der Waals surface area contributed by atoms with Gasteiger partial charge in [-0.3, -0.25) is 5.10 Å². The summed E-state index contributed by atoms with van der Waals surface area (Å²) >= 11 is 0. The first-order valence-electron chi connectivity index (χ1n) is 5.81. The second-order valence-corrected chi connectivity index (χ2v) is 5.59. The Labute approximate surface area is 91.7 Å². The molecule has 84 valence electrons. The molecule has 1 aliphatic rings. The summed E-state index contributed by atoms with van der Waals surface area (Å²) in [5.74, 6) is 0.790. The Hall–Kier alpha value is -0.830. The fourth-order valence-electron chi connectivity index (χ4n) is 2.05. The van der Waals surface area contributed by atoms with Gasteiger partial charge >= 0.3 is 0 Å². The molecule has 1 atom stereocenters. The first-order valence-corrected chi connectivity index (χ1v) is 5.81. The van der Waals surface area contributed by atoms with E-state index in [0.717, 1.165) is 18.9 Å². The Morgan fingerprint density at radius 2 is 2.27 bits per heavy atom. The Morgan fingerprint density at radius 3 is 2.80 bits per heavy atom. The zero-order valence-corrected chi connectivity index (χ0v) is 9.93. The lowest BCUT2D eigenvalue weighted by molar-refractivity contribution is 0.566. The molecule has 2 rings (SSSR count). The Balaban J connectivity index is 2.00. The maximum absolute atomic E-state index is 4.38. The summed E-state index contributed by atoms with van der Waals surface area (Å²) in [6, 6.07) is 2.22. The van der Waals surface area contributed by atoms with Crippen molar-refractivity contribution in [1.29, 1.82) is 0 Å². The minimum atomic E-state index is 0.155. The molecule has 0 bridgehead atoms. The molecule has 0 amide bonds. The van der Waals surface area contributed by atoms with E-state index in [9.17, 15) is 0 Å². The van der Waals surface area contributed by atoms with Crippen molar-refractivity contribution in [1.82, 2.24) is 15.5 Å². The normalized spacial score (nSPS) is 22.2. The third-order valence-electron chi connectivity index (χ3n) is 3.07. The molecule has 0 spiro atoms. The number of hydrogen-bond acceptors (Lipinski definition) is 2. The van der Waals surface area contributed by atoms with E-state index in [-0.39, 0.29) is 5.41 Å². The van der Waals surface area contributed by atoms with E-state index in [1.54, 1.807) is 0 Å². The predicted octanol–water partition coefficient (Wildman–Crippen LogP) is 1.86. The Kier molecular flexibility index (Phi) is 2.83. The monoisotopic (exact) mass is 207 g/mol. The van der Waals surface area contributed by atoms with Crippen LogP contribution in [0, 0.1) is 5.92 Å². The average Bonchev–Trinajstić information content (AvgIpc) is 2.73. The summed E-state index contributed by atoms with van der Waals surface area (Å²) in [4.78, 5) is 0. The van der Waals surface area contributed by atoms with Crippen molar-refractivity contribution >= 4 is 0 Å². The highest BCUT2D eigenvalue weighted by atomic mass is 15.1. The Bertz CT molecular complexity index is 316. The SMILES string of the molecule is CC(C)(C)c1cc(CC2CCNC2)[nH]n1. The Morgan fingerprint density at radius 1 is 1.47 bits per heavy atom. The molecule has 1 aromatic heterocycles. The lowest BCUT2D eigenvalue weighted by atomic mass is 9.91. The van der Waals surface area contributed by atoms with Crippen molar-refractivity contribution in [3.05, 3.63) is 17.5 Å². The molecule has 15 heavy (non-hydrogen) atoms. The van der Waals surface area contributed by atoms with Crippen LogP contribution >= 0.6 is 0 Å². The van der Waals surface area contributed by atoms with Gasteiger partial charge in [0, 0.05) is 11.1 Å². The van der Waals surface area contributed by atoms with E-state index in [2.05, 4.69) is 42.4 Å². The number of hydrogen-bond donors (Lipinski definition) is 2. The average molecular weight is 207 g/mol. The van der Waals surface area contributed by atoms with Crippen molar-refractivity contribution in [3.63, 3.8) is 0 Å². The molecule has 1 fully saturated rings. The fourth-order valence-corrected chi connectivity index (χ4v) is 2.05. The molecular weight excluding hydrogens is 186 g/mol. The smallest absolute Gasteiger partial charge is 0.0678 e. The molecule has 0 aromatic carbocycles. The van der Waals surface area contributed by atoms with Crippen LogP contribution in [0.1, 0.15) is 38.6 Å². The highest BCUT2D eigenvalue weighted by molar-refractivity contribution is 5.16. The molecule has 1 unspecified atom stereocenters. The summed E-state index contributed by atoms with van der Waals surface area (Å²) in [6.07, 6.45) is 2.43. The molecule has 1 aliphatic heterocycles. The highest BCUT2D eigenvalue weighted by Crippen LogP contribution is 2.22. The zero-order valence-electron chi connectivity index (χ0n) is 9.93. The van der Waals surface area contributed by atoms with Gasteiger partial charge in [0.15, 0.2) is 0 Å². The lowest BCUT2D eigenvalue weighted by Crippen LogP contribution is -2.11. The predicted molar refractivity (Wildman–Crippen MR) is 62.0 cm³/mol. The summed E-state index contributed by atoms with van der Waals surface area (Å²) in [7, 11) is 0. The molecule has 2 heterocycles. The summed E-state index contributed by atoms with van der Waals surface area (Å²) in [5, 5.41) is 10.9. The first-order chi connectivity index (χ1) is 7.05. The van der Waals surface area contributed by atoms with Crippen molar-refractivity contribution in [3.8, 4) is 0 Å². The summed E-state index contributed by atoms with van der Waals surface area (Å²) < 4.78 is 0. The standard InChI is InChI=1S/C12H21N3/c1-12(2,3)11-7-10(14-15-11)6-9-4-5-13-8-9/h7,9,13H,4-6,8H2,1-3H3,(H,14,15). The number of nitrogens with zero attached hydrogens (tertiary/aromatic N) is 1. The summed E-state index contributed by atoms with van der Waals surface area (Å²) in [5.41, 5.74) is 2.61. The van der Waals surface area contributed by atoms with Crippen LogP contribution in [0.3, 0.4) is 0 Å². The number of aromatic amines is 1. The van der Waals surface area contributed by atoms with Crippen molar-refractivity contribution < 1.29 is 0 Å². The van der Waals surface area contributed by atoms with Crippen LogP contribution in [-0.4, -0.2) is 23.3 Å². The molecule has 2 N–H and O–H groups in total. The third kappa shape index (κ3) is 2.59. The van der Waals surface area contributed by atoms with Gasteiger partial charge in [0.05, 0.1) is 5.69 Å². The van der Waals surface area contributed by atoms with Gasteiger partial charge in [-0.15, -0.1) is 0 Å². The van der Waals surface area contributed by atoms with Gasteiger partial charge in [-0.1, -0.05) is 20.8 Å². The van der Waals surface area contributed by atoms with Crippen LogP contribution < -0.4 is 5.32 Å². The number of rotatable bonds is 2. The number of nitrogens with one attached hydrogen (secondary N) is 2. The van der Waals surface area contributed by atoms with Crippen molar-refractivity contribution in [2.24, 2.45) is 5.92 Å². The van der Waals surface area contributed by atoms with Crippen molar-refractivity contribution in [2.45, 2.75) is 39.0 Å². The molecule has 3 nitrogen and oxygen atoms in total. The quantitative estimate of drug-likeness (QED) is 0.777. The van der Waals surface area contributed by atoms with E-state index in [1.807, 2.05) is 0 Å². The molecule has 3 heteroatoms. The molecule has 0 saturated carbocycles. The maximum Gasteiger partial charge on any atom is 0.0678 e. The molecule has 1 saturated heterocycles. The largest absolute Gasteiger partial charge is 0.316 e. The first kappa shape index (κ1) is 10.7. The van der Waals surface area contributed by atoms with E-state index >= 15 is 0 Å². The van der Waals surface area contributed by atoms with E-state index in [4.69, 9.17) is 0 Å². The van der Waals surface area contributed by atoms with Crippen LogP contribution in [0.2, 0.25) is 0 Å². The molecule has 0 aliphatic carbocycles. The van der Waals surface area contributed by atoms with Gasteiger partial charge in [-0.25, -0.2) is 0 Å². The van der Waals surface area contributed by atoms with Gasteiger partial charge in [0.1, 0.15) is 0 Å². The fraction of sp³-hybridized carbons (Fsp3) is 0.750. The van der Waals surface area contributed by atoms with E-state index in [0.29, 0.717) is 0 Å². The summed E-state index contributed by atoms with van der Waals surface area (Å²) in [6.45, 7) is 8.92. The number of H-pyrrole nitrogens is 1. The minimum Gasteiger partial charge on any atom is -0.316 e. The van der Waals surface area contributed by atoms with Gasteiger partial charge in [-0.2, -0.15) is 5.10 Å². The zero-order chi connectivity index (χ0) is 10.9. The van der Waals surface area contributed by atoms with Crippen LogP contribution in [0.25, 0.3) is 0 Å². The van der Waals surface area contributed by atoms with Gasteiger partial charge in [0.25, 0.3) is 0 Å². The van der Waals surface area contributed by atoms with Crippen LogP contribution in [0.5, 0.6) is 0 Å². The van der Waals surface area contributed by atoms with E-state index in [1.165, 1.54) is 24.4 Å². The van der Waals surface area contributed by atoms with E-state index < -0.39 is 0 Å². The number of aromatic nitrogens is 2. The van der Waals surface area contributed by atoms with Gasteiger partial charge in [-0.05, 0) is 37.9 Å². The molecule has 0 radical (unpaired) electrons. The topological polar surface area (TPSA) is 40.7 Å². The highest BCUT2D eigenvalue weighted by Gasteiger charge is 2.20.